The average molecular weight is 343 g/mol. The van der Waals surface area contributed by atoms with Crippen molar-refractivity contribution in [3.63, 3.8) is 0 Å². The van der Waals surface area contributed by atoms with Gasteiger partial charge in [0, 0.05) is 5.92 Å². The molecule has 0 radical (unpaired) electrons. The Balaban J connectivity index is 2.79. The number of carboxylic acid groups (broad SMARTS) is 1. The predicted molar refractivity (Wildman–Crippen MR) is 89.6 cm³/mol. The number of amides is 1. The Hall–Kier alpha value is -1.21. The van der Waals surface area contributed by atoms with Crippen LogP contribution in [0, 0.1) is 11.8 Å². The van der Waals surface area contributed by atoms with Crippen LogP contribution in [0.25, 0.3) is 0 Å². The first kappa shape index (κ1) is 19.8. The van der Waals surface area contributed by atoms with E-state index in [9.17, 15) is 14.4 Å². The maximum Gasteiger partial charge on any atom is 0.310 e. The van der Waals surface area contributed by atoms with Gasteiger partial charge in [-0.3, -0.25) is 14.4 Å². The number of nitrogens with one attached hydrogen (secondary N) is 1. The number of aliphatic carboxylic acids is 1. The first-order valence-electron chi connectivity index (χ1n) is 8.00. The van der Waals surface area contributed by atoms with Crippen LogP contribution in [0.5, 0.6) is 0 Å². The zero-order valence-corrected chi connectivity index (χ0v) is 16.1. The number of ketones is 1. The van der Waals surface area contributed by atoms with E-state index in [1.807, 2.05) is 6.92 Å². The summed E-state index contributed by atoms with van der Waals surface area (Å²) in [5.74, 6) is -2.58. The minimum atomic E-state index is -2.02. The second-order valence-corrected chi connectivity index (χ2v) is 12.7. The van der Waals surface area contributed by atoms with E-state index in [0.717, 1.165) is 0 Å². The molecule has 1 heterocycles. The highest BCUT2D eigenvalue weighted by molar-refractivity contribution is 6.74. The molecule has 0 saturated carbocycles. The van der Waals surface area contributed by atoms with Crippen molar-refractivity contribution in [2.45, 2.75) is 71.3 Å². The molecule has 1 rings (SSSR count). The van der Waals surface area contributed by atoms with Crippen LogP contribution < -0.4 is 5.32 Å². The summed E-state index contributed by atoms with van der Waals surface area (Å²) >= 11 is 0. The van der Waals surface area contributed by atoms with Crippen molar-refractivity contribution in [2.24, 2.45) is 11.8 Å². The van der Waals surface area contributed by atoms with Gasteiger partial charge >= 0.3 is 5.97 Å². The monoisotopic (exact) mass is 343 g/mol. The molecular weight excluding hydrogens is 314 g/mol. The van der Waals surface area contributed by atoms with Crippen LogP contribution in [-0.4, -0.2) is 43.2 Å². The van der Waals surface area contributed by atoms with Crippen molar-refractivity contribution in [2.75, 3.05) is 0 Å². The van der Waals surface area contributed by atoms with Gasteiger partial charge in [-0.15, -0.1) is 0 Å². The molecule has 4 atom stereocenters. The van der Waals surface area contributed by atoms with Crippen LogP contribution >= 0.6 is 0 Å². The first-order valence-corrected chi connectivity index (χ1v) is 10.9. The molecule has 1 aliphatic rings. The summed E-state index contributed by atoms with van der Waals surface area (Å²) in [4.78, 5) is 34.6. The molecule has 1 fully saturated rings. The Labute approximate surface area is 139 Å². The molecule has 1 amide bonds. The standard InChI is InChI=1S/C16H29NO5Si/c1-9(11(18)8-12(19)20)14-13(15(21)17-14)10(2)22-23(6,7)16(3,4)5/h9-10,13-14H,8H2,1-7H3,(H,17,21)(H,19,20)/t9?,10-,13+,14-/m1/s1. The molecule has 1 saturated heterocycles. The molecule has 0 spiro atoms. The number of hydrogen-bond acceptors (Lipinski definition) is 4. The van der Waals surface area contributed by atoms with Gasteiger partial charge in [-0.25, -0.2) is 0 Å². The normalized spacial score (nSPS) is 24.4. The lowest BCUT2D eigenvalue weighted by atomic mass is 9.77. The smallest absolute Gasteiger partial charge is 0.310 e. The van der Waals surface area contributed by atoms with E-state index >= 15 is 0 Å². The lowest BCUT2D eigenvalue weighted by Gasteiger charge is -2.46. The second-order valence-electron chi connectivity index (χ2n) is 7.97. The van der Waals surface area contributed by atoms with Gasteiger partial charge in [-0.1, -0.05) is 27.7 Å². The van der Waals surface area contributed by atoms with Crippen LogP contribution in [0.4, 0.5) is 0 Å². The van der Waals surface area contributed by atoms with Gasteiger partial charge in [0.1, 0.15) is 12.2 Å². The predicted octanol–water partition coefficient (Wildman–Crippen LogP) is 2.19. The second kappa shape index (κ2) is 6.73. The van der Waals surface area contributed by atoms with Crippen molar-refractivity contribution >= 4 is 26.0 Å². The number of carbonyl (C=O) groups excluding carboxylic acids is 2. The van der Waals surface area contributed by atoms with Gasteiger partial charge in [0.25, 0.3) is 0 Å². The Morgan fingerprint density at radius 1 is 1.30 bits per heavy atom. The third-order valence-electron chi connectivity index (χ3n) is 5.16. The van der Waals surface area contributed by atoms with E-state index in [-0.39, 0.29) is 28.9 Å². The minimum Gasteiger partial charge on any atom is -0.481 e. The van der Waals surface area contributed by atoms with E-state index in [4.69, 9.17) is 9.53 Å². The molecule has 0 aromatic heterocycles. The molecule has 1 aliphatic heterocycles. The van der Waals surface area contributed by atoms with Crippen LogP contribution in [0.1, 0.15) is 41.0 Å². The van der Waals surface area contributed by atoms with Gasteiger partial charge in [0.15, 0.2) is 8.32 Å². The zero-order chi connectivity index (χ0) is 18.2. The number of hydrogen-bond donors (Lipinski definition) is 2. The summed E-state index contributed by atoms with van der Waals surface area (Å²) in [6.45, 7) is 14.2. The highest BCUT2D eigenvalue weighted by Gasteiger charge is 2.50. The Morgan fingerprint density at radius 2 is 1.83 bits per heavy atom. The van der Waals surface area contributed by atoms with Gasteiger partial charge in [0.05, 0.1) is 18.1 Å². The van der Waals surface area contributed by atoms with Crippen LogP contribution in [0.3, 0.4) is 0 Å². The highest BCUT2D eigenvalue weighted by atomic mass is 28.4. The number of carbonyl (C=O) groups is 3. The maximum absolute atomic E-state index is 12.0. The fourth-order valence-electron chi connectivity index (χ4n) is 2.58. The number of rotatable bonds is 7. The van der Waals surface area contributed by atoms with Crippen LogP contribution in [0.2, 0.25) is 18.1 Å². The van der Waals surface area contributed by atoms with Gasteiger partial charge in [0.2, 0.25) is 5.91 Å². The fraction of sp³-hybridized carbons (Fsp3) is 0.812. The molecular formula is C16H29NO5Si. The molecule has 132 valence electrons. The van der Waals surface area contributed by atoms with Crippen LogP contribution in [0.15, 0.2) is 0 Å². The largest absolute Gasteiger partial charge is 0.481 e. The SMILES string of the molecule is CC(C(=O)CC(=O)O)[C@H]1NC(=O)[C@H]1[C@@H](C)O[Si](C)(C)C(C)(C)C. The van der Waals surface area contributed by atoms with E-state index in [0.29, 0.717) is 0 Å². The molecule has 0 aliphatic carbocycles. The summed E-state index contributed by atoms with van der Waals surface area (Å²) in [6, 6.07) is -0.353. The van der Waals surface area contributed by atoms with Crippen molar-refractivity contribution in [1.82, 2.24) is 5.32 Å². The van der Waals surface area contributed by atoms with Crippen LogP contribution in [-0.2, 0) is 18.8 Å². The van der Waals surface area contributed by atoms with Crippen molar-refractivity contribution in [1.29, 1.82) is 0 Å². The number of β-lactam (4-membered cyclic amide) rings is 1. The van der Waals surface area contributed by atoms with E-state index in [2.05, 4.69) is 39.2 Å². The third kappa shape index (κ3) is 4.41. The molecule has 0 aromatic carbocycles. The molecule has 0 bridgehead atoms. The summed E-state index contributed by atoms with van der Waals surface area (Å²) in [5, 5.41) is 11.5. The zero-order valence-electron chi connectivity index (χ0n) is 15.1. The summed E-state index contributed by atoms with van der Waals surface area (Å²) in [7, 11) is -2.02. The summed E-state index contributed by atoms with van der Waals surface area (Å²) in [6.07, 6.45) is -0.813. The number of Topliss-reactive ketones (excluding diaryl/α,β-unsaturated/α-hetero) is 1. The van der Waals surface area contributed by atoms with Gasteiger partial charge < -0.3 is 14.8 Å². The van der Waals surface area contributed by atoms with Crippen molar-refractivity contribution < 1.29 is 23.9 Å². The lowest BCUT2D eigenvalue weighted by molar-refractivity contribution is -0.146. The summed E-state index contributed by atoms with van der Waals surface area (Å²) < 4.78 is 6.27. The third-order valence-corrected chi connectivity index (χ3v) is 9.74. The quantitative estimate of drug-likeness (QED) is 0.420. The molecule has 2 N–H and O–H groups in total. The Bertz CT molecular complexity index is 497. The Kier molecular flexibility index (Phi) is 5.80. The maximum atomic E-state index is 12.0. The molecule has 0 aromatic rings. The fourth-order valence-corrected chi connectivity index (χ4v) is 4.01. The lowest BCUT2D eigenvalue weighted by Crippen LogP contribution is -2.66. The highest BCUT2D eigenvalue weighted by Crippen LogP contribution is 2.39. The van der Waals surface area contributed by atoms with E-state index in [1.165, 1.54) is 0 Å². The van der Waals surface area contributed by atoms with Gasteiger partial charge in [-0.05, 0) is 25.1 Å². The van der Waals surface area contributed by atoms with E-state index in [1.54, 1.807) is 6.92 Å². The minimum absolute atomic E-state index is 0.0295. The van der Waals surface area contributed by atoms with Crippen molar-refractivity contribution in [3.8, 4) is 0 Å². The molecule has 23 heavy (non-hydrogen) atoms. The van der Waals surface area contributed by atoms with E-state index < -0.39 is 32.5 Å². The Morgan fingerprint density at radius 3 is 2.22 bits per heavy atom. The molecule has 6 nitrogen and oxygen atoms in total. The van der Waals surface area contributed by atoms with Gasteiger partial charge in [-0.2, -0.15) is 0 Å². The summed E-state index contributed by atoms with van der Waals surface area (Å²) in [5.41, 5.74) is 0. The number of carboxylic acids is 1. The molecule has 7 heteroatoms. The first-order chi connectivity index (χ1) is 10.3. The van der Waals surface area contributed by atoms with Crippen molar-refractivity contribution in [3.05, 3.63) is 0 Å². The topological polar surface area (TPSA) is 92.7 Å². The molecule has 1 unspecified atom stereocenters. The average Bonchev–Trinajstić information content (AvgIpc) is 2.31.